The van der Waals surface area contributed by atoms with Crippen molar-refractivity contribution in [1.82, 2.24) is 15.2 Å². The van der Waals surface area contributed by atoms with Gasteiger partial charge < -0.3 is 10.1 Å². The van der Waals surface area contributed by atoms with E-state index >= 15 is 0 Å². The van der Waals surface area contributed by atoms with Crippen molar-refractivity contribution in [3.05, 3.63) is 29.6 Å². The van der Waals surface area contributed by atoms with E-state index in [1.54, 1.807) is 7.11 Å². The Balaban J connectivity index is 2.67. The smallest absolute Gasteiger partial charge is 0.0589 e. The predicted octanol–water partition coefficient (Wildman–Crippen LogP) is 2.44. The van der Waals surface area contributed by atoms with Crippen LogP contribution < -0.4 is 5.32 Å². The van der Waals surface area contributed by atoms with Crippen LogP contribution in [-0.4, -0.2) is 43.2 Å². The third-order valence-electron chi connectivity index (χ3n) is 3.67. The third kappa shape index (κ3) is 5.57. The molecule has 4 nitrogen and oxygen atoms in total. The zero-order valence-corrected chi connectivity index (χ0v) is 13.4. The Morgan fingerprint density at radius 2 is 2.05 bits per heavy atom. The molecule has 0 aliphatic rings. The molecule has 0 saturated heterocycles. The Morgan fingerprint density at radius 3 is 2.55 bits per heavy atom. The Hall–Kier alpha value is -0.970. The van der Waals surface area contributed by atoms with Gasteiger partial charge in [-0.3, -0.25) is 9.88 Å². The normalized spacial score (nSPS) is 11.5. The molecule has 0 aliphatic carbocycles. The van der Waals surface area contributed by atoms with E-state index in [0.29, 0.717) is 6.04 Å². The summed E-state index contributed by atoms with van der Waals surface area (Å²) >= 11 is 0. The highest BCUT2D eigenvalue weighted by Gasteiger charge is 2.15. The highest BCUT2D eigenvalue weighted by atomic mass is 16.5. The summed E-state index contributed by atoms with van der Waals surface area (Å²) in [5.41, 5.74) is 2.36. The SMILES string of the molecule is CCC(CC)N(CCOC)Cc1ccc(CNC)cn1. The highest BCUT2D eigenvalue weighted by molar-refractivity contribution is 5.14. The molecule has 4 heteroatoms. The lowest BCUT2D eigenvalue weighted by Crippen LogP contribution is -2.36. The average Bonchev–Trinajstić information content (AvgIpc) is 2.48. The van der Waals surface area contributed by atoms with E-state index in [9.17, 15) is 0 Å². The van der Waals surface area contributed by atoms with E-state index in [4.69, 9.17) is 4.74 Å². The van der Waals surface area contributed by atoms with Gasteiger partial charge in [-0.15, -0.1) is 0 Å². The second-order valence-electron chi connectivity index (χ2n) is 5.12. The molecular weight excluding hydrogens is 250 g/mol. The van der Waals surface area contributed by atoms with Gasteiger partial charge in [-0.2, -0.15) is 0 Å². The minimum Gasteiger partial charge on any atom is -0.383 e. The molecule has 0 amide bonds. The van der Waals surface area contributed by atoms with Crippen molar-refractivity contribution in [2.45, 2.75) is 45.8 Å². The van der Waals surface area contributed by atoms with Gasteiger partial charge in [0.2, 0.25) is 0 Å². The predicted molar refractivity (Wildman–Crippen MR) is 83.7 cm³/mol. The molecule has 0 unspecified atom stereocenters. The molecule has 0 aliphatic heterocycles. The van der Waals surface area contributed by atoms with E-state index in [2.05, 4.69) is 41.2 Å². The number of hydrogen-bond acceptors (Lipinski definition) is 4. The summed E-state index contributed by atoms with van der Waals surface area (Å²) in [6, 6.07) is 4.89. The van der Waals surface area contributed by atoms with Crippen molar-refractivity contribution in [2.24, 2.45) is 0 Å². The summed E-state index contributed by atoms with van der Waals surface area (Å²) in [6.45, 7) is 7.99. The minimum atomic E-state index is 0.601. The lowest BCUT2D eigenvalue weighted by atomic mass is 10.1. The van der Waals surface area contributed by atoms with Gasteiger partial charge in [-0.05, 0) is 31.5 Å². The summed E-state index contributed by atoms with van der Waals surface area (Å²) in [4.78, 5) is 7.05. The Bertz CT molecular complexity index is 349. The number of nitrogens with zero attached hydrogens (tertiary/aromatic N) is 2. The van der Waals surface area contributed by atoms with Gasteiger partial charge in [0.25, 0.3) is 0 Å². The van der Waals surface area contributed by atoms with Gasteiger partial charge in [0.15, 0.2) is 0 Å². The monoisotopic (exact) mass is 279 g/mol. The van der Waals surface area contributed by atoms with Gasteiger partial charge in [-0.1, -0.05) is 19.9 Å². The van der Waals surface area contributed by atoms with Crippen LogP contribution in [0, 0.1) is 0 Å². The first-order valence-electron chi connectivity index (χ1n) is 7.56. The van der Waals surface area contributed by atoms with E-state index in [0.717, 1.165) is 44.8 Å². The zero-order chi connectivity index (χ0) is 14.8. The van der Waals surface area contributed by atoms with Gasteiger partial charge in [0.05, 0.1) is 12.3 Å². The van der Waals surface area contributed by atoms with Crippen molar-refractivity contribution >= 4 is 0 Å². The summed E-state index contributed by atoms with van der Waals surface area (Å²) in [5, 5.41) is 3.14. The van der Waals surface area contributed by atoms with Gasteiger partial charge in [-0.25, -0.2) is 0 Å². The number of methoxy groups -OCH3 is 1. The van der Waals surface area contributed by atoms with Crippen molar-refractivity contribution in [1.29, 1.82) is 0 Å². The van der Waals surface area contributed by atoms with Gasteiger partial charge in [0.1, 0.15) is 0 Å². The topological polar surface area (TPSA) is 37.4 Å². The summed E-state index contributed by atoms with van der Waals surface area (Å²) in [6.07, 6.45) is 4.29. The molecule has 1 N–H and O–H groups in total. The molecule has 0 fully saturated rings. The van der Waals surface area contributed by atoms with Crippen molar-refractivity contribution in [3.8, 4) is 0 Å². The molecular formula is C16H29N3O. The molecule has 0 aromatic carbocycles. The molecule has 20 heavy (non-hydrogen) atoms. The Labute approximate surface area is 123 Å². The molecule has 1 rings (SSSR count). The molecule has 0 radical (unpaired) electrons. The first kappa shape index (κ1) is 17.1. The Morgan fingerprint density at radius 1 is 1.30 bits per heavy atom. The van der Waals surface area contributed by atoms with E-state index < -0.39 is 0 Å². The summed E-state index contributed by atoms with van der Waals surface area (Å²) in [5.74, 6) is 0. The first-order chi connectivity index (χ1) is 9.74. The molecule has 1 aromatic rings. The van der Waals surface area contributed by atoms with Crippen LogP contribution in [-0.2, 0) is 17.8 Å². The fourth-order valence-electron chi connectivity index (χ4n) is 2.47. The maximum atomic E-state index is 5.23. The zero-order valence-electron chi connectivity index (χ0n) is 13.4. The van der Waals surface area contributed by atoms with Crippen LogP contribution in [0.5, 0.6) is 0 Å². The largest absolute Gasteiger partial charge is 0.383 e. The van der Waals surface area contributed by atoms with Crippen molar-refractivity contribution < 1.29 is 4.74 Å². The minimum absolute atomic E-state index is 0.601. The van der Waals surface area contributed by atoms with E-state index in [-0.39, 0.29) is 0 Å². The fourth-order valence-corrected chi connectivity index (χ4v) is 2.47. The molecule has 0 spiro atoms. The molecule has 1 aromatic heterocycles. The van der Waals surface area contributed by atoms with Gasteiger partial charge in [0, 0.05) is 39.0 Å². The first-order valence-corrected chi connectivity index (χ1v) is 7.56. The number of ether oxygens (including phenoxy) is 1. The van der Waals surface area contributed by atoms with Crippen LogP contribution in [0.3, 0.4) is 0 Å². The third-order valence-corrected chi connectivity index (χ3v) is 3.67. The molecule has 0 saturated carbocycles. The average molecular weight is 279 g/mol. The number of nitrogens with one attached hydrogen (secondary N) is 1. The summed E-state index contributed by atoms with van der Waals surface area (Å²) < 4.78 is 5.23. The maximum absolute atomic E-state index is 5.23. The van der Waals surface area contributed by atoms with Crippen LogP contribution in [0.2, 0.25) is 0 Å². The van der Waals surface area contributed by atoms with Crippen LogP contribution in [0.25, 0.3) is 0 Å². The number of pyridine rings is 1. The second kappa shape index (κ2) is 9.86. The molecule has 114 valence electrons. The number of aromatic nitrogens is 1. The summed E-state index contributed by atoms with van der Waals surface area (Å²) in [7, 11) is 3.71. The van der Waals surface area contributed by atoms with Crippen molar-refractivity contribution in [2.75, 3.05) is 27.3 Å². The van der Waals surface area contributed by atoms with Crippen LogP contribution in [0.4, 0.5) is 0 Å². The number of hydrogen-bond donors (Lipinski definition) is 1. The highest BCUT2D eigenvalue weighted by Crippen LogP contribution is 2.12. The lowest BCUT2D eigenvalue weighted by molar-refractivity contribution is 0.109. The molecule has 0 bridgehead atoms. The number of rotatable bonds is 10. The second-order valence-corrected chi connectivity index (χ2v) is 5.12. The molecule has 0 atom stereocenters. The fraction of sp³-hybridized carbons (Fsp3) is 0.688. The van der Waals surface area contributed by atoms with Crippen molar-refractivity contribution in [3.63, 3.8) is 0 Å². The van der Waals surface area contributed by atoms with Crippen LogP contribution in [0.15, 0.2) is 18.3 Å². The maximum Gasteiger partial charge on any atom is 0.0589 e. The van der Waals surface area contributed by atoms with Crippen LogP contribution in [0.1, 0.15) is 37.9 Å². The van der Waals surface area contributed by atoms with Crippen LogP contribution >= 0.6 is 0 Å². The quantitative estimate of drug-likeness (QED) is 0.714. The standard InChI is InChI=1S/C16H29N3O/c1-5-16(6-2)19(9-10-20-4)13-15-8-7-14(11-17-3)12-18-15/h7-8,12,16-17H,5-6,9-11,13H2,1-4H3. The van der Waals surface area contributed by atoms with E-state index in [1.807, 2.05) is 13.2 Å². The molecule has 1 heterocycles. The van der Waals surface area contributed by atoms with Gasteiger partial charge >= 0.3 is 0 Å². The lowest BCUT2D eigenvalue weighted by Gasteiger charge is -2.29. The Kier molecular flexibility index (Phi) is 8.42. The van der Waals surface area contributed by atoms with E-state index in [1.165, 1.54) is 5.56 Å².